The van der Waals surface area contributed by atoms with Gasteiger partial charge >= 0.3 is 0 Å². The van der Waals surface area contributed by atoms with E-state index < -0.39 is 25.1 Å². The molecule has 1 aliphatic carbocycles. The largest absolute Gasteiger partial charge is 0.352 e. The molecule has 1 unspecified atom stereocenters. The van der Waals surface area contributed by atoms with Gasteiger partial charge in [-0.15, -0.1) is 0 Å². The molecule has 0 spiro atoms. The van der Waals surface area contributed by atoms with Crippen molar-refractivity contribution in [2.24, 2.45) is 0 Å². The van der Waals surface area contributed by atoms with Gasteiger partial charge in [0.2, 0.25) is 5.91 Å². The maximum Gasteiger partial charge on any atom is 0.230 e. The molecular formula is C16H21NO5S2. The maximum absolute atomic E-state index is 12.8. The van der Waals surface area contributed by atoms with Crippen LogP contribution in [0.3, 0.4) is 0 Å². The van der Waals surface area contributed by atoms with Crippen LogP contribution in [0, 0.1) is 0 Å². The topological polar surface area (TPSA) is 97.4 Å². The number of amides is 1. The molecule has 0 radical (unpaired) electrons. The molecule has 1 aromatic carbocycles. The van der Waals surface area contributed by atoms with Gasteiger partial charge in [-0.3, -0.25) is 4.79 Å². The summed E-state index contributed by atoms with van der Waals surface area (Å²) in [7, 11) is -6.32. The zero-order chi connectivity index (χ0) is 17.6. The minimum Gasteiger partial charge on any atom is -0.352 e. The lowest BCUT2D eigenvalue weighted by atomic mass is 9.63. The van der Waals surface area contributed by atoms with E-state index in [2.05, 4.69) is 5.32 Å². The van der Waals surface area contributed by atoms with Gasteiger partial charge in [0.1, 0.15) is 0 Å². The zero-order valence-corrected chi connectivity index (χ0v) is 15.1. The van der Waals surface area contributed by atoms with Crippen LogP contribution in [-0.4, -0.2) is 46.5 Å². The molecule has 132 valence electrons. The summed E-state index contributed by atoms with van der Waals surface area (Å²) in [5.74, 6) is -0.0292. The smallest absolute Gasteiger partial charge is 0.230 e. The van der Waals surface area contributed by atoms with E-state index in [0.717, 1.165) is 18.2 Å². The van der Waals surface area contributed by atoms with Crippen molar-refractivity contribution in [3.05, 3.63) is 29.8 Å². The van der Waals surface area contributed by atoms with Gasteiger partial charge in [0.15, 0.2) is 19.7 Å². The first-order valence-electron chi connectivity index (χ1n) is 7.94. The average molecular weight is 371 g/mol. The first kappa shape index (κ1) is 17.4. The molecule has 1 aromatic rings. The molecule has 0 aromatic heterocycles. The van der Waals surface area contributed by atoms with E-state index in [1.807, 2.05) is 0 Å². The van der Waals surface area contributed by atoms with Crippen LogP contribution in [0.5, 0.6) is 0 Å². The number of sulfone groups is 2. The van der Waals surface area contributed by atoms with Gasteiger partial charge in [-0.25, -0.2) is 16.8 Å². The van der Waals surface area contributed by atoms with Crippen molar-refractivity contribution in [1.29, 1.82) is 0 Å². The molecule has 1 aliphatic heterocycles. The summed E-state index contributed by atoms with van der Waals surface area (Å²) >= 11 is 0. The Labute approximate surface area is 142 Å². The minimum atomic E-state index is -3.27. The van der Waals surface area contributed by atoms with Gasteiger partial charge in [0.05, 0.1) is 21.8 Å². The second kappa shape index (κ2) is 5.84. The van der Waals surface area contributed by atoms with Crippen molar-refractivity contribution in [1.82, 2.24) is 5.32 Å². The Kier molecular flexibility index (Phi) is 4.24. The van der Waals surface area contributed by atoms with E-state index in [4.69, 9.17) is 0 Å². The average Bonchev–Trinajstić information content (AvgIpc) is 2.76. The fraction of sp³-hybridized carbons (Fsp3) is 0.562. The third-order valence-electron chi connectivity index (χ3n) is 5.04. The third kappa shape index (κ3) is 3.21. The molecule has 1 saturated heterocycles. The van der Waals surface area contributed by atoms with Crippen LogP contribution in [-0.2, 0) is 29.9 Å². The molecule has 2 aliphatic rings. The van der Waals surface area contributed by atoms with Crippen molar-refractivity contribution in [3.8, 4) is 0 Å². The van der Waals surface area contributed by atoms with E-state index in [0.29, 0.717) is 19.3 Å². The van der Waals surface area contributed by atoms with Gasteiger partial charge in [-0.05, 0) is 37.0 Å². The summed E-state index contributed by atoms with van der Waals surface area (Å²) < 4.78 is 46.2. The number of hydrogen-bond acceptors (Lipinski definition) is 5. The van der Waals surface area contributed by atoms with E-state index in [1.54, 1.807) is 12.1 Å². The molecule has 8 heteroatoms. The van der Waals surface area contributed by atoms with Gasteiger partial charge < -0.3 is 5.32 Å². The summed E-state index contributed by atoms with van der Waals surface area (Å²) in [6.07, 6.45) is 3.91. The second-order valence-corrected chi connectivity index (χ2v) is 11.1. The lowest BCUT2D eigenvalue weighted by molar-refractivity contribution is -0.130. The van der Waals surface area contributed by atoms with E-state index >= 15 is 0 Å². The normalized spacial score (nSPS) is 25.0. The summed E-state index contributed by atoms with van der Waals surface area (Å²) in [5.41, 5.74) is 0.127. The van der Waals surface area contributed by atoms with Crippen molar-refractivity contribution in [2.75, 3.05) is 17.8 Å². The number of hydrogen-bond donors (Lipinski definition) is 1. The lowest BCUT2D eigenvalue weighted by Crippen LogP contribution is -2.52. The molecule has 3 rings (SSSR count). The van der Waals surface area contributed by atoms with Crippen molar-refractivity contribution in [3.63, 3.8) is 0 Å². The SMILES string of the molecule is CS(=O)(=O)c1ccc(C2(C(=O)NC3CCS(=O)(=O)C3)CCC2)cc1. The Morgan fingerprint density at radius 2 is 1.83 bits per heavy atom. The Bertz CT molecular complexity index is 852. The molecule has 1 saturated carbocycles. The Morgan fingerprint density at radius 1 is 1.21 bits per heavy atom. The van der Waals surface area contributed by atoms with E-state index in [1.165, 1.54) is 12.1 Å². The van der Waals surface area contributed by atoms with Gasteiger partial charge in [-0.2, -0.15) is 0 Å². The van der Waals surface area contributed by atoms with Gasteiger partial charge in [0, 0.05) is 12.3 Å². The molecule has 1 N–H and O–H groups in total. The highest BCUT2D eigenvalue weighted by atomic mass is 32.2. The van der Waals surface area contributed by atoms with Gasteiger partial charge in [0.25, 0.3) is 0 Å². The molecule has 24 heavy (non-hydrogen) atoms. The molecule has 1 atom stereocenters. The first-order chi connectivity index (χ1) is 11.1. The Morgan fingerprint density at radius 3 is 2.25 bits per heavy atom. The highest BCUT2D eigenvalue weighted by molar-refractivity contribution is 7.91. The summed E-state index contributed by atoms with van der Waals surface area (Å²) in [5, 5.41) is 2.88. The Hall–Kier alpha value is -1.41. The fourth-order valence-electron chi connectivity index (χ4n) is 3.43. The van der Waals surface area contributed by atoms with Crippen molar-refractivity contribution in [2.45, 2.75) is 42.0 Å². The predicted octanol–water partition coefficient (Wildman–Crippen LogP) is 0.815. The third-order valence-corrected chi connectivity index (χ3v) is 7.94. The van der Waals surface area contributed by atoms with Crippen LogP contribution < -0.4 is 5.32 Å². The van der Waals surface area contributed by atoms with Crippen LogP contribution >= 0.6 is 0 Å². The predicted molar refractivity (Wildman–Crippen MR) is 90.3 cm³/mol. The van der Waals surface area contributed by atoms with E-state index in [-0.39, 0.29) is 28.4 Å². The quantitative estimate of drug-likeness (QED) is 0.845. The summed E-state index contributed by atoms with van der Waals surface area (Å²) in [4.78, 5) is 13.0. The molecule has 6 nitrogen and oxygen atoms in total. The molecule has 1 heterocycles. The zero-order valence-electron chi connectivity index (χ0n) is 13.5. The molecule has 2 fully saturated rings. The van der Waals surface area contributed by atoms with Crippen molar-refractivity contribution >= 4 is 25.6 Å². The van der Waals surface area contributed by atoms with Crippen LogP contribution in [0.4, 0.5) is 0 Å². The number of carbonyl (C=O) groups is 1. The number of rotatable bonds is 4. The van der Waals surface area contributed by atoms with Crippen molar-refractivity contribution < 1.29 is 21.6 Å². The van der Waals surface area contributed by atoms with Gasteiger partial charge in [-0.1, -0.05) is 18.6 Å². The number of carbonyl (C=O) groups excluding carboxylic acids is 1. The van der Waals surface area contributed by atoms with E-state index in [9.17, 15) is 21.6 Å². The van der Waals surface area contributed by atoms with Crippen LogP contribution in [0.1, 0.15) is 31.2 Å². The fourth-order valence-corrected chi connectivity index (χ4v) is 5.73. The number of nitrogens with one attached hydrogen (secondary N) is 1. The first-order valence-corrected chi connectivity index (χ1v) is 11.7. The minimum absolute atomic E-state index is 0.00182. The maximum atomic E-state index is 12.8. The molecular weight excluding hydrogens is 350 g/mol. The van der Waals surface area contributed by atoms with Crippen LogP contribution in [0.2, 0.25) is 0 Å². The lowest BCUT2D eigenvalue weighted by Gasteiger charge is -2.41. The summed E-state index contributed by atoms with van der Waals surface area (Å²) in [6, 6.07) is 6.12. The summed E-state index contributed by atoms with van der Waals surface area (Å²) in [6.45, 7) is 0. The molecule has 0 bridgehead atoms. The standard InChI is InChI=1S/C16H21NO5S2/c1-23(19,20)14-5-3-12(4-6-14)16(8-2-9-16)15(18)17-13-7-10-24(21,22)11-13/h3-6,13H,2,7-11H2,1H3,(H,17,18). The monoisotopic (exact) mass is 371 g/mol. The highest BCUT2D eigenvalue weighted by Gasteiger charge is 2.46. The second-order valence-electron chi connectivity index (χ2n) is 6.81. The van der Waals surface area contributed by atoms with Crippen LogP contribution in [0.25, 0.3) is 0 Å². The highest BCUT2D eigenvalue weighted by Crippen LogP contribution is 2.44. The number of benzene rings is 1. The molecule has 1 amide bonds. The Balaban J connectivity index is 1.80. The van der Waals surface area contributed by atoms with Crippen LogP contribution in [0.15, 0.2) is 29.2 Å².